The predicted molar refractivity (Wildman–Crippen MR) is 72.4 cm³/mol. The zero-order valence-corrected chi connectivity index (χ0v) is 12.1. The second kappa shape index (κ2) is 6.43. The van der Waals surface area contributed by atoms with Gasteiger partial charge in [-0.2, -0.15) is 0 Å². The summed E-state index contributed by atoms with van der Waals surface area (Å²) in [6.45, 7) is 0.397. The Kier molecular flexibility index (Phi) is 4.62. The summed E-state index contributed by atoms with van der Waals surface area (Å²) in [4.78, 5) is 38.6. The van der Waals surface area contributed by atoms with Crippen molar-refractivity contribution in [3.05, 3.63) is 24.2 Å². The second-order valence-corrected chi connectivity index (χ2v) is 4.91. The van der Waals surface area contributed by atoms with Gasteiger partial charge in [-0.05, 0) is 25.0 Å². The van der Waals surface area contributed by atoms with Crippen LogP contribution in [0.2, 0.25) is 0 Å². The summed E-state index contributed by atoms with van der Waals surface area (Å²) in [7, 11) is 2.82. The average Bonchev–Trinajstić information content (AvgIpc) is 3.16. The smallest absolute Gasteiger partial charge is 0.328 e. The van der Waals surface area contributed by atoms with Gasteiger partial charge in [-0.3, -0.25) is 9.59 Å². The van der Waals surface area contributed by atoms with Crippen LogP contribution in [-0.2, 0) is 14.3 Å². The molecule has 7 nitrogen and oxygen atoms in total. The molecule has 2 heterocycles. The van der Waals surface area contributed by atoms with Gasteiger partial charge < -0.3 is 19.0 Å². The molecule has 2 rings (SSSR count). The Bertz CT molecular complexity index is 525. The third kappa shape index (κ3) is 3.24. The Morgan fingerprint density at radius 2 is 2.24 bits per heavy atom. The number of amides is 2. The zero-order chi connectivity index (χ0) is 15.4. The van der Waals surface area contributed by atoms with Crippen LogP contribution in [-0.4, -0.2) is 60.9 Å². The number of hydrogen-bond donors (Lipinski definition) is 0. The molecule has 114 valence electrons. The topological polar surface area (TPSA) is 80.1 Å². The number of carbonyl (C=O) groups excluding carboxylic acids is 3. The predicted octanol–water partition coefficient (Wildman–Crippen LogP) is 0.516. The monoisotopic (exact) mass is 294 g/mol. The molecule has 7 heteroatoms. The minimum absolute atomic E-state index is 0.104. The maximum Gasteiger partial charge on any atom is 0.328 e. The number of hydrogen-bond acceptors (Lipinski definition) is 5. The highest BCUT2D eigenvalue weighted by Gasteiger charge is 2.35. The molecular weight excluding hydrogens is 276 g/mol. The summed E-state index contributed by atoms with van der Waals surface area (Å²) in [6, 6.07) is 2.60. The highest BCUT2D eigenvalue weighted by molar-refractivity contribution is 5.94. The summed E-state index contributed by atoms with van der Waals surface area (Å²) in [5.41, 5.74) is 0. The highest BCUT2D eigenvalue weighted by atomic mass is 16.5. The summed E-state index contributed by atoms with van der Waals surface area (Å²) >= 11 is 0. The fourth-order valence-corrected chi connectivity index (χ4v) is 2.40. The van der Waals surface area contributed by atoms with E-state index in [1.165, 1.54) is 36.3 Å². The molecule has 1 aliphatic heterocycles. The molecule has 0 spiro atoms. The minimum Gasteiger partial charge on any atom is -0.467 e. The number of methoxy groups -OCH3 is 1. The molecule has 0 radical (unpaired) electrons. The van der Waals surface area contributed by atoms with Crippen molar-refractivity contribution < 1.29 is 23.5 Å². The van der Waals surface area contributed by atoms with Crippen LogP contribution >= 0.6 is 0 Å². The first-order chi connectivity index (χ1) is 10.0. The van der Waals surface area contributed by atoms with E-state index >= 15 is 0 Å². The van der Waals surface area contributed by atoms with Crippen molar-refractivity contribution in [2.24, 2.45) is 0 Å². The first kappa shape index (κ1) is 15.1. The van der Waals surface area contributed by atoms with E-state index in [2.05, 4.69) is 0 Å². The van der Waals surface area contributed by atoms with E-state index in [-0.39, 0.29) is 24.1 Å². The molecule has 0 saturated carbocycles. The van der Waals surface area contributed by atoms with Gasteiger partial charge in [-0.25, -0.2) is 4.79 Å². The number of ether oxygens (including phenoxy) is 1. The van der Waals surface area contributed by atoms with Gasteiger partial charge in [0.05, 0.1) is 19.9 Å². The number of nitrogens with zero attached hydrogens (tertiary/aromatic N) is 2. The summed E-state index contributed by atoms with van der Waals surface area (Å²) in [6.07, 6.45) is 2.74. The van der Waals surface area contributed by atoms with Crippen molar-refractivity contribution in [3.8, 4) is 0 Å². The summed E-state index contributed by atoms with van der Waals surface area (Å²) < 4.78 is 9.71. The van der Waals surface area contributed by atoms with E-state index in [1.54, 1.807) is 6.07 Å². The molecule has 1 aromatic heterocycles. The van der Waals surface area contributed by atoms with Gasteiger partial charge in [0.15, 0.2) is 5.76 Å². The fourth-order valence-electron chi connectivity index (χ4n) is 2.40. The number of furan rings is 1. The molecule has 1 atom stereocenters. The molecule has 0 N–H and O–H groups in total. The number of likely N-dealkylation sites (N-methyl/N-ethyl adjacent to an activating group) is 1. The van der Waals surface area contributed by atoms with E-state index in [1.807, 2.05) is 0 Å². The van der Waals surface area contributed by atoms with Crippen LogP contribution in [0.4, 0.5) is 0 Å². The van der Waals surface area contributed by atoms with E-state index < -0.39 is 12.0 Å². The normalized spacial score (nSPS) is 17.6. The third-order valence-electron chi connectivity index (χ3n) is 3.50. The van der Waals surface area contributed by atoms with Crippen LogP contribution in [0.25, 0.3) is 0 Å². The van der Waals surface area contributed by atoms with Gasteiger partial charge >= 0.3 is 5.97 Å². The molecule has 1 unspecified atom stereocenters. The first-order valence-electron chi connectivity index (χ1n) is 6.71. The van der Waals surface area contributed by atoms with Crippen molar-refractivity contribution in [3.63, 3.8) is 0 Å². The molecule has 2 amide bonds. The lowest BCUT2D eigenvalue weighted by molar-refractivity contribution is -0.151. The van der Waals surface area contributed by atoms with Crippen molar-refractivity contribution in [2.75, 3.05) is 27.2 Å². The van der Waals surface area contributed by atoms with Gasteiger partial charge in [-0.1, -0.05) is 0 Å². The van der Waals surface area contributed by atoms with E-state index in [4.69, 9.17) is 9.15 Å². The molecule has 0 aromatic carbocycles. The molecule has 1 aromatic rings. The van der Waals surface area contributed by atoms with Crippen molar-refractivity contribution in [1.29, 1.82) is 0 Å². The lowest BCUT2D eigenvalue weighted by Gasteiger charge is -2.25. The van der Waals surface area contributed by atoms with E-state index in [9.17, 15) is 14.4 Å². The Morgan fingerprint density at radius 3 is 2.86 bits per heavy atom. The van der Waals surface area contributed by atoms with Gasteiger partial charge in [0.2, 0.25) is 5.91 Å². The summed E-state index contributed by atoms with van der Waals surface area (Å²) in [5, 5.41) is 0. The minimum atomic E-state index is -0.547. The zero-order valence-electron chi connectivity index (χ0n) is 12.1. The van der Waals surface area contributed by atoms with Crippen LogP contribution in [0.5, 0.6) is 0 Å². The quantitative estimate of drug-likeness (QED) is 0.756. The second-order valence-electron chi connectivity index (χ2n) is 4.91. The van der Waals surface area contributed by atoms with Gasteiger partial charge in [0, 0.05) is 13.6 Å². The molecule has 21 heavy (non-hydrogen) atoms. The molecule has 1 aliphatic rings. The van der Waals surface area contributed by atoms with Crippen molar-refractivity contribution in [2.45, 2.75) is 18.9 Å². The Labute approximate surface area is 122 Å². The highest BCUT2D eigenvalue weighted by Crippen LogP contribution is 2.18. The Morgan fingerprint density at radius 1 is 1.48 bits per heavy atom. The Balaban J connectivity index is 1.97. The van der Waals surface area contributed by atoms with Crippen LogP contribution in [0.3, 0.4) is 0 Å². The molecule has 0 aliphatic carbocycles. The van der Waals surface area contributed by atoms with Crippen LogP contribution in [0.1, 0.15) is 23.4 Å². The van der Waals surface area contributed by atoms with Crippen molar-refractivity contribution >= 4 is 17.8 Å². The standard InChI is InChI=1S/C14H18N2O5/c1-15(13(18)11-6-4-8-21-11)9-12(17)16-7-3-5-10(16)14(19)20-2/h4,6,8,10H,3,5,7,9H2,1-2H3. The van der Waals surface area contributed by atoms with Gasteiger partial charge in [0.25, 0.3) is 5.91 Å². The molecule has 1 fully saturated rings. The maximum absolute atomic E-state index is 12.3. The third-order valence-corrected chi connectivity index (χ3v) is 3.50. The lowest BCUT2D eigenvalue weighted by atomic mass is 10.2. The molecular formula is C14H18N2O5. The number of carbonyl (C=O) groups is 3. The summed E-state index contributed by atoms with van der Waals surface area (Å²) in [5.74, 6) is -0.885. The molecule has 0 bridgehead atoms. The average molecular weight is 294 g/mol. The number of esters is 1. The van der Waals surface area contributed by atoms with E-state index in [0.717, 1.165) is 6.42 Å². The lowest BCUT2D eigenvalue weighted by Crippen LogP contribution is -2.46. The van der Waals surface area contributed by atoms with E-state index in [0.29, 0.717) is 13.0 Å². The van der Waals surface area contributed by atoms with Crippen LogP contribution < -0.4 is 0 Å². The SMILES string of the molecule is COC(=O)C1CCCN1C(=O)CN(C)C(=O)c1ccco1. The van der Waals surface area contributed by atoms with Crippen LogP contribution in [0.15, 0.2) is 22.8 Å². The number of rotatable bonds is 4. The number of likely N-dealkylation sites (tertiary alicyclic amines) is 1. The maximum atomic E-state index is 12.3. The first-order valence-corrected chi connectivity index (χ1v) is 6.71. The molecule has 1 saturated heterocycles. The van der Waals surface area contributed by atoms with Gasteiger partial charge in [0.1, 0.15) is 6.04 Å². The largest absolute Gasteiger partial charge is 0.467 e. The van der Waals surface area contributed by atoms with Crippen LogP contribution in [0, 0.1) is 0 Å². The van der Waals surface area contributed by atoms with Crippen molar-refractivity contribution in [1.82, 2.24) is 9.80 Å². The Hall–Kier alpha value is -2.31. The fraction of sp³-hybridized carbons (Fsp3) is 0.500. The van der Waals surface area contributed by atoms with Gasteiger partial charge in [-0.15, -0.1) is 0 Å².